The van der Waals surface area contributed by atoms with E-state index < -0.39 is 31.0 Å². The summed E-state index contributed by atoms with van der Waals surface area (Å²) in [4.78, 5) is 0. The van der Waals surface area contributed by atoms with Crippen molar-refractivity contribution in [2.24, 2.45) is 0 Å². The van der Waals surface area contributed by atoms with Gasteiger partial charge in [-0.1, -0.05) is 0 Å². The molecule has 11 heavy (non-hydrogen) atoms. The minimum atomic E-state index is -1.12. The molecule has 0 aromatic rings. The summed E-state index contributed by atoms with van der Waals surface area (Å²) in [6.07, 6.45) is -4.05. The van der Waals surface area contributed by atoms with Crippen LogP contribution in [0.5, 0.6) is 0 Å². The first kappa shape index (κ1) is 8.89. The molecule has 1 unspecified atom stereocenters. The molecule has 1 heterocycles. The van der Waals surface area contributed by atoms with Gasteiger partial charge in [-0.05, 0) is 0 Å². The van der Waals surface area contributed by atoms with Crippen molar-refractivity contribution in [2.45, 2.75) is 24.4 Å². The van der Waals surface area contributed by atoms with Crippen LogP contribution in [0.25, 0.3) is 0 Å². The molecule has 1 saturated heterocycles. The van der Waals surface area contributed by atoms with Crippen LogP contribution in [-0.4, -0.2) is 58.1 Å². The molecule has 1 aliphatic rings. The minimum absolute atomic E-state index is 0.00287. The lowest BCUT2D eigenvalue weighted by atomic mass is 10.1. The van der Waals surface area contributed by atoms with Crippen LogP contribution >= 0.6 is 0 Å². The van der Waals surface area contributed by atoms with Gasteiger partial charge in [0.15, 0.2) is 0 Å². The van der Waals surface area contributed by atoms with E-state index in [1.807, 2.05) is 0 Å². The van der Waals surface area contributed by atoms with Crippen molar-refractivity contribution < 1.29 is 25.2 Å². The lowest BCUT2D eigenvalue weighted by Crippen LogP contribution is -2.40. The molecule has 1 rings (SSSR count). The molecule has 0 aliphatic carbocycles. The average Bonchev–Trinajstić information content (AvgIpc) is 2.32. The number of hydrogen-bond acceptors (Lipinski definition) is 5. The van der Waals surface area contributed by atoms with Gasteiger partial charge in [0.1, 0.15) is 24.4 Å². The van der Waals surface area contributed by atoms with Crippen molar-refractivity contribution in [1.82, 2.24) is 0 Å². The van der Waals surface area contributed by atoms with Gasteiger partial charge in [0.05, 0.1) is 13.2 Å². The molecular weight excluding hydrogens is 152 g/mol. The Hall–Kier alpha value is -0.200. The van der Waals surface area contributed by atoms with E-state index in [1.165, 1.54) is 0 Å². The van der Waals surface area contributed by atoms with Gasteiger partial charge in [0.25, 0.3) is 0 Å². The average molecular weight is 164 g/mol. The zero-order valence-corrected chi connectivity index (χ0v) is 5.92. The van der Waals surface area contributed by atoms with Crippen LogP contribution < -0.4 is 0 Å². The molecule has 4 N–H and O–H groups in total. The molecule has 5 heteroatoms. The summed E-state index contributed by atoms with van der Waals surface area (Å²) in [6.45, 7) is -0.475. The maximum atomic E-state index is 9.11. The second-order valence-electron chi connectivity index (χ2n) is 2.61. The highest BCUT2D eigenvalue weighted by Crippen LogP contribution is 2.16. The van der Waals surface area contributed by atoms with Crippen molar-refractivity contribution in [2.75, 3.05) is 13.2 Å². The monoisotopic (exact) mass is 164 g/mol. The van der Waals surface area contributed by atoms with Crippen LogP contribution in [0.3, 0.4) is 0 Å². The Morgan fingerprint density at radius 2 is 2.09 bits per heavy atom. The Kier molecular flexibility index (Phi) is 2.80. The van der Waals surface area contributed by atoms with Gasteiger partial charge in [-0.2, -0.15) is 0 Å². The number of hydrogen-bond donors (Lipinski definition) is 4. The molecular formula is C6H12O5. The summed E-state index contributed by atoms with van der Waals surface area (Å²) >= 11 is 0. The maximum absolute atomic E-state index is 9.11. The maximum Gasteiger partial charge on any atom is 0.114 e. The highest BCUT2D eigenvalue weighted by atomic mass is 16.5. The highest BCUT2D eigenvalue weighted by Gasteiger charge is 2.38. The summed E-state index contributed by atoms with van der Waals surface area (Å²) < 4.78 is 4.82. The largest absolute Gasteiger partial charge is 0.394 e. The third kappa shape index (κ3) is 1.69. The Bertz CT molecular complexity index is 128. The molecule has 0 saturated carbocycles. The van der Waals surface area contributed by atoms with E-state index >= 15 is 0 Å². The smallest absolute Gasteiger partial charge is 0.114 e. The second-order valence-corrected chi connectivity index (χ2v) is 2.61. The van der Waals surface area contributed by atoms with Crippen LogP contribution in [0.1, 0.15) is 0 Å². The van der Waals surface area contributed by atoms with Gasteiger partial charge >= 0.3 is 0 Å². The van der Waals surface area contributed by atoms with Crippen molar-refractivity contribution >= 4 is 0 Å². The van der Waals surface area contributed by atoms with Crippen LogP contribution in [0.15, 0.2) is 0 Å². The third-order valence-electron chi connectivity index (χ3n) is 1.76. The number of aliphatic hydroxyl groups is 4. The first-order valence-electron chi connectivity index (χ1n) is 3.43. The predicted octanol–water partition coefficient (Wildman–Crippen LogP) is -2.54. The van der Waals surface area contributed by atoms with Gasteiger partial charge in [-0.25, -0.2) is 0 Å². The molecule has 0 aromatic carbocycles. The number of aliphatic hydroxyl groups excluding tert-OH is 4. The van der Waals surface area contributed by atoms with E-state index in [9.17, 15) is 0 Å². The van der Waals surface area contributed by atoms with Crippen molar-refractivity contribution in [3.63, 3.8) is 0 Å². The fourth-order valence-corrected chi connectivity index (χ4v) is 1.07. The summed E-state index contributed by atoms with van der Waals surface area (Å²) in [5, 5.41) is 35.5. The first-order chi connectivity index (χ1) is 5.16. The zero-order chi connectivity index (χ0) is 8.43. The fourth-order valence-electron chi connectivity index (χ4n) is 1.07. The van der Waals surface area contributed by atoms with E-state index in [0.29, 0.717) is 0 Å². The van der Waals surface area contributed by atoms with Crippen molar-refractivity contribution in [1.29, 1.82) is 0 Å². The van der Waals surface area contributed by atoms with Crippen LogP contribution in [0, 0.1) is 0 Å². The van der Waals surface area contributed by atoms with E-state index in [-0.39, 0.29) is 6.61 Å². The van der Waals surface area contributed by atoms with Gasteiger partial charge < -0.3 is 25.2 Å². The van der Waals surface area contributed by atoms with E-state index in [0.717, 1.165) is 0 Å². The third-order valence-corrected chi connectivity index (χ3v) is 1.76. The van der Waals surface area contributed by atoms with Gasteiger partial charge in [-0.3, -0.25) is 0 Å². The molecule has 0 spiro atoms. The van der Waals surface area contributed by atoms with Crippen LogP contribution in [0.2, 0.25) is 0 Å². The van der Waals surface area contributed by atoms with Gasteiger partial charge in [0.2, 0.25) is 0 Å². The molecule has 1 aliphatic heterocycles. The second kappa shape index (κ2) is 3.46. The Balaban J connectivity index is 2.47. The van der Waals surface area contributed by atoms with E-state index in [4.69, 9.17) is 25.2 Å². The Morgan fingerprint density at radius 1 is 1.45 bits per heavy atom. The quantitative estimate of drug-likeness (QED) is 0.361. The normalized spacial score (nSPS) is 40.9. The fraction of sp³-hybridized carbons (Fsp3) is 1.00. The minimum Gasteiger partial charge on any atom is -0.394 e. The standard InChI is InChI=1S/C6H12O5/c7-1-3(8)6-5(10)4(9)2-11-6/h3-10H,1-2H2/t3-,4-,5+,6?/m1/s1. The molecule has 0 amide bonds. The van der Waals surface area contributed by atoms with E-state index in [1.54, 1.807) is 0 Å². The predicted molar refractivity (Wildman–Crippen MR) is 34.8 cm³/mol. The molecule has 66 valence electrons. The number of rotatable bonds is 2. The van der Waals surface area contributed by atoms with Gasteiger partial charge in [-0.15, -0.1) is 0 Å². The summed E-state index contributed by atoms with van der Waals surface area (Å²) in [7, 11) is 0. The topological polar surface area (TPSA) is 90.2 Å². The van der Waals surface area contributed by atoms with Crippen LogP contribution in [0.4, 0.5) is 0 Å². The molecule has 0 bridgehead atoms. The highest BCUT2D eigenvalue weighted by molar-refractivity contribution is 4.87. The molecule has 0 radical (unpaired) electrons. The van der Waals surface area contributed by atoms with Crippen LogP contribution in [-0.2, 0) is 4.74 Å². The Labute approximate surface area is 63.8 Å². The van der Waals surface area contributed by atoms with Crippen molar-refractivity contribution in [3.8, 4) is 0 Å². The number of ether oxygens (including phenoxy) is 1. The molecule has 0 aromatic heterocycles. The SMILES string of the molecule is OC[C@@H](O)C1OC[C@@H](O)[C@@H]1O. The lowest BCUT2D eigenvalue weighted by Gasteiger charge is -2.18. The van der Waals surface area contributed by atoms with Gasteiger partial charge in [0, 0.05) is 0 Å². The molecule has 1 fully saturated rings. The summed E-state index contributed by atoms with van der Waals surface area (Å²) in [5.74, 6) is 0. The molecule has 4 atom stereocenters. The van der Waals surface area contributed by atoms with Crippen molar-refractivity contribution in [3.05, 3.63) is 0 Å². The first-order valence-corrected chi connectivity index (χ1v) is 3.43. The Morgan fingerprint density at radius 3 is 2.45 bits per heavy atom. The van der Waals surface area contributed by atoms with E-state index in [2.05, 4.69) is 0 Å². The zero-order valence-electron chi connectivity index (χ0n) is 5.92. The lowest BCUT2D eigenvalue weighted by molar-refractivity contribution is -0.0684. The summed E-state index contributed by atoms with van der Waals surface area (Å²) in [6, 6.07) is 0. The molecule has 5 nitrogen and oxygen atoms in total. The summed E-state index contributed by atoms with van der Waals surface area (Å²) in [5.41, 5.74) is 0.